The number of nitrogens with one attached hydrogen (secondary N) is 2. The van der Waals surface area contributed by atoms with Crippen LogP contribution in [0.15, 0.2) is 18.2 Å². The van der Waals surface area contributed by atoms with Gasteiger partial charge in [-0.1, -0.05) is 36.9 Å². The molecule has 1 fully saturated rings. The summed E-state index contributed by atoms with van der Waals surface area (Å²) in [7, 11) is 0. The Morgan fingerprint density at radius 1 is 1.12 bits per heavy atom. The summed E-state index contributed by atoms with van der Waals surface area (Å²) in [5.41, 5.74) is 1.43. The van der Waals surface area contributed by atoms with Crippen LogP contribution >= 0.6 is 11.6 Å². The van der Waals surface area contributed by atoms with Crippen molar-refractivity contribution < 1.29 is 19.1 Å². The van der Waals surface area contributed by atoms with E-state index in [9.17, 15) is 14.4 Å². The van der Waals surface area contributed by atoms with Crippen molar-refractivity contribution in [3.63, 3.8) is 0 Å². The van der Waals surface area contributed by atoms with Crippen molar-refractivity contribution >= 4 is 35.1 Å². The van der Waals surface area contributed by atoms with Crippen molar-refractivity contribution in [3.05, 3.63) is 28.8 Å². The highest BCUT2D eigenvalue weighted by molar-refractivity contribution is 6.31. The van der Waals surface area contributed by atoms with Gasteiger partial charge in [0, 0.05) is 23.2 Å². The highest BCUT2D eigenvalue weighted by Gasteiger charge is 2.17. The lowest BCUT2D eigenvalue weighted by Gasteiger charge is -2.22. The maximum absolute atomic E-state index is 11.9. The Kier molecular flexibility index (Phi) is 7.91. The Bertz CT molecular complexity index is 657. The standard InChI is InChI=1S/C19H25ClN2O4/c1-13-7-8-14(20)11-16(13)22-18(24)12-26-19(25)10-9-17(23)21-15-5-3-2-4-6-15/h7-8,11,15H,2-6,9-10,12H2,1H3,(H,21,23)(H,22,24). The molecule has 1 aromatic rings. The van der Waals surface area contributed by atoms with Gasteiger partial charge in [0.15, 0.2) is 6.61 Å². The molecule has 6 nitrogen and oxygen atoms in total. The molecule has 2 rings (SSSR count). The third-order valence-electron chi connectivity index (χ3n) is 4.36. The molecule has 0 aliphatic heterocycles. The van der Waals surface area contributed by atoms with E-state index in [-0.39, 0.29) is 24.8 Å². The van der Waals surface area contributed by atoms with Crippen molar-refractivity contribution in [2.24, 2.45) is 0 Å². The Labute approximate surface area is 158 Å². The van der Waals surface area contributed by atoms with E-state index < -0.39 is 18.5 Å². The van der Waals surface area contributed by atoms with E-state index in [0.717, 1.165) is 31.2 Å². The minimum absolute atomic E-state index is 0.0397. The first-order chi connectivity index (χ1) is 12.4. The van der Waals surface area contributed by atoms with Gasteiger partial charge in [-0.2, -0.15) is 0 Å². The van der Waals surface area contributed by atoms with E-state index in [1.807, 2.05) is 6.92 Å². The fourth-order valence-electron chi connectivity index (χ4n) is 2.90. The smallest absolute Gasteiger partial charge is 0.306 e. The Morgan fingerprint density at radius 3 is 2.58 bits per heavy atom. The van der Waals surface area contributed by atoms with Gasteiger partial charge < -0.3 is 15.4 Å². The quantitative estimate of drug-likeness (QED) is 0.710. The van der Waals surface area contributed by atoms with Crippen molar-refractivity contribution in [3.8, 4) is 0 Å². The van der Waals surface area contributed by atoms with E-state index in [1.165, 1.54) is 6.42 Å². The van der Waals surface area contributed by atoms with Crippen LogP contribution in [0, 0.1) is 6.92 Å². The molecule has 2 N–H and O–H groups in total. The second-order valence-corrected chi connectivity index (χ2v) is 7.01. The van der Waals surface area contributed by atoms with Crippen LogP contribution in [-0.2, 0) is 19.1 Å². The van der Waals surface area contributed by atoms with Gasteiger partial charge in [0.2, 0.25) is 5.91 Å². The highest BCUT2D eigenvalue weighted by atomic mass is 35.5. The first kappa shape index (κ1) is 20.2. The second-order valence-electron chi connectivity index (χ2n) is 6.57. The second kappa shape index (κ2) is 10.2. The number of anilines is 1. The van der Waals surface area contributed by atoms with Gasteiger partial charge in [0.25, 0.3) is 5.91 Å². The van der Waals surface area contributed by atoms with Gasteiger partial charge in [0.05, 0.1) is 6.42 Å². The molecule has 1 aliphatic rings. The SMILES string of the molecule is Cc1ccc(Cl)cc1NC(=O)COC(=O)CCC(=O)NC1CCCCC1. The van der Waals surface area contributed by atoms with Gasteiger partial charge in [-0.15, -0.1) is 0 Å². The van der Waals surface area contributed by atoms with Gasteiger partial charge >= 0.3 is 5.97 Å². The summed E-state index contributed by atoms with van der Waals surface area (Å²) < 4.78 is 4.92. The lowest BCUT2D eigenvalue weighted by molar-refractivity contribution is -0.148. The Balaban J connectivity index is 1.65. The summed E-state index contributed by atoms with van der Waals surface area (Å²) >= 11 is 5.89. The molecule has 142 valence electrons. The average molecular weight is 381 g/mol. The predicted molar refractivity (Wildman–Crippen MR) is 100 cm³/mol. The molecule has 0 saturated heterocycles. The fourth-order valence-corrected chi connectivity index (χ4v) is 3.07. The number of ether oxygens (including phenoxy) is 1. The fraction of sp³-hybridized carbons (Fsp3) is 0.526. The molecule has 0 unspecified atom stereocenters. The average Bonchev–Trinajstić information content (AvgIpc) is 2.62. The number of esters is 1. The van der Waals surface area contributed by atoms with Crippen LogP contribution in [0.3, 0.4) is 0 Å². The van der Waals surface area contributed by atoms with Gasteiger partial charge in [-0.05, 0) is 37.5 Å². The number of rotatable bonds is 7. The van der Waals surface area contributed by atoms with Crippen molar-refractivity contribution in [1.82, 2.24) is 5.32 Å². The number of benzene rings is 1. The lowest BCUT2D eigenvalue weighted by Crippen LogP contribution is -2.36. The zero-order valence-electron chi connectivity index (χ0n) is 15.0. The molecule has 0 bridgehead atoms. The third-order valence-corrected chi connectivity index (χ3v) is 4.60. The Hall–Kier alpha value is -2.08. The number of hydrogen-bond acceptors (Lipinski definition) is 4. The number of carbonyl (C=O) groups is 3. The van der Waals surface area contributed by atoms with Crippen LogP contribution < -0.4 is 10.6 Å². The molecule has 0 radical (unpaired) electrons. The van der Waals surface area contributed by atoms with E-state index >= 15 is 0 Å². The minimum Gasteiger partial charge on any atom is -0.456 e. The van der Waals surface area contributed by atoms with Crippen LogP contribution in [0.25, 0.3) is 0 Å². The predicted octanol–water partition coefficient (Wildman–Crippen LogP) is 3.36. The van der Waals surface area contributed by atoms with Crippen molar-refractivity contribution in [2.45, 2.75) is 57.9 Å². The molecule has 1 saturated carbocycles. The number of carbonyl (C=O) groups excluding carboxylic acids is 3. The largest absolute Gasteiger partial charge is 0.456 e. The zero-order chi connectivity index (χ0) is 18.9. The van der Waals surface area contributed by atoms with Crippen LogP contribution in [0.2, 0.25) is 5.02 Å². The molecular formula is C19H25ClN2O4. The van der Waals surface area contributed by atoms with Crippen molar-refractivity contribution in [2.75, 3.05) is 11.9 Å². The first-order valence-corrected chi connectivity index (χ1v) is 9.33. The summed E-state index contributed by atoms with van der Waals surface area (Å²) in [5, 5.41) is 6.10. The van der Waals surface area contributed by atoms with Crippen LogP contribution in [-0.4, -0.2) is 30.4 Å². The normalized spacial score (nSPS) is 14.5. The van der Waals surface area contributed by atoms with Crippen LogP contribution in [0.4, 0.5) is 5.69 Å². The number of hydrogen-bond donors (Lipinski definition) is 2. The molecule has 0 atom stereocenters. The summed E-state index contributed by atoms with van der Waals surface area (Å²) in [4.78, 5) is 35.4. The maximum atomic E-state index is 11.9. The summed E-state index contributed by atoms with van der Waals surface area (Å²) in [6.07, 6.45) is 5.52. The molecule has 0 heterocycles. The molecule has 2 amide bonds. The first-order valence-electron chi connectivity index (χ1n) is 8.95. The lowest BCUT2D eigenvalue weighted by atomic mass is 9.95. The monoisotopic (exact) mass is 380 g/mol. The minimum atomic E-state index is -0.568. The Morgan fingerprint density at radius 2 is 1.85 bits per heavy atom. The van der Waals surface area contributed by atoms with E-state index in [0.29, 0.717) is 10.7 Å². The zero-order valence-corrected chi connectivity index (χ0v) is 15.7. The van der Waals surface area contributed by atoms with Crippen LogP contribution in [0.1, 0.15) is 50.5 Å². The topological polar surface area (TPSA) is 84.5 Å². The summed E-state index contributed by atoms with van der Waals surface area (Å²) in [5.74, 6) is -1.16. The highest BCUT2D eigenvalue weighted by Crippen LogP contribution is 2.20. The van der Waals surface area contributed by atoms with Crippen LogP contribution in [0.5, 0.6) is 0 Å². The van der Waals surface area contributed by atoms with Gasteiger partial charge in [-0.3, -0.25) is 14.4 Å². The summed E-state index contributed by atoms with van der Waals surface area (Å²) in [6.45, 7) is 1.44. The number of aryl methyl sites for hydroxylation is 1. The number of amides is 2. The molecule has 7 heteroatoms. The molecule has 1 aliphatic carbocycles. The molecule has 26 heavy (non-hydrogen) atoms. The summed E-state index contributed by atoms with van der Waals surface area (Å²) in [6, 6.07) is 5.37. The third kappa shape index (κ3) is 7.04. The maximum Gasteiger partial charge on any atom is 0.306 e. The van der Waals surface area contributed by atoms with E-state index in [2.05, 4.69) is 10.6 Å². The van der Waals surface area contributed by atoms with Gasteiger partial charge in [-0.25, -0.2) is 0 Å². The van der Waals surface area contributed by atoms with Crippen molar-refractivity contribution in [1.29, 1.82) is 0 Å². The van der Waals surface area contributed by atoms with E-state index in [4.69, 9.17) is 16.3 Å². The number of halogens is 1. The molecular weight excluding hydrogens is 356 g/mol. The molecule has 0 aromatic heterocycles. The molecule has 1 aromatic carbocycles. The van der Waals surface area contributed by atoms with E-state index in [1.54, 1.807) is 18.2 Å². The van der Waals surface area contributed by atoms with Gasteiger partial charge in [0.1, 0.15) is 0 Å². The molecule has 0 spiro atoms.